The monoisotopic (exact) mass is 292 g/mol. The van der Waals surface area contributed by atoms with E-state index in [1.807, 2.05) is 6.92 Å². The molecule has 0 aliphatic carbocycles. The van der Waals surface area contributed by atoms with E-state index < -0.39 is 11.9 Å². The molecule has 0 aromatic heterocycles. The molecule has 0 saturated carbocycles. The topological polar surface area (TPSA) is 74.6 Å². The van der Waals surface area contributed by atoms with Gasteiger partial charge in [0, 0.05) is 31.1 Å². The number of hydrogen-bond donors (Lipinski definition) is 2. The van der Waals surface area contributed by atoms with Crippen LogP contribution in [-0.4, -0.2) is 22.2 Å². The molecule has 0 aromatic carbocycles. The molecule has 94 valence electrons. The summed E-state index contributed by atoms with van der Waals surface area (Å²) in [6.07, 6.45) is 5.11. The predicted molar refractivity (Wildman–Crippen MR) is 61.3 cm³/mol. The molecule has 0 bridgehead atoms. The molecule has 0 aliphatic rings. The normalized spacial score (nSPS) is 12.7. The summed E-state index contributed by atoms with van der Waals surface area (Å²) in [6.45, 7) is 4.08. The van der Waals surface area contributed by atoms with Gasteiger partial charge in [0.05, 0.1) is 0 Å². The van der Waals surface area contributed by atoms with Crippen molar-refractivity contribution in [2.24, 2.45) is 5.92 Å². The standard InChI is InChI=1S/C12H20O4.Zn/c1-3-5-6-9(4-2)7-10(12(15)16)8-11(13)14;/h8-9H,3-7H2,1-2H3,(H,13,14)(H,15,16);/b10-8-;. The van der Waals surface area contributed by atoms with Crippen molar-refractivity contribution in [3.63, 3.8) is 0 Å². The van der Waals surface area contributed by atoms with Crippen LogP contribution in [0.2, 0.25) is 0 Å². The van der Waals surface area contributed by atoms with E-state index in [2.05, 4.69) is 6.92 Å². The molecule has 5 heteroatoms. The second kappa shape index (κ2) is 10.5. The molecule has 0 aliphatic heterocycles. The zero-order valence-corrected chi connectivity index (χ0v) is 13.6. The Balaban J connectivity index is 0. The minimum atomic E-state index is -1.19. The van der Waals surface area contributed by atoms with E-state index in [4.69, 9.17) is 10.2 Å². The first kappa shape index (κ1) is 18.7. The van der Waals surface area contributed by atoms with Crippen LogP contribution in [0.5, 0.6) is 0 Å². The van der Waals surface area contributed by atoms with Crippen LogP contribution in [0.1, 0.15) is 46.0 Å². The van der Waals surface area contributed by atoms with Crippen molar-refractivity contribution in [3.05, 3.63) is 11.6 Å². The average molecular weight is 294 g/mol. The largest absolute Gasteiger partial charge is 0.478 e. The summed E-state index contributed by atoms with van der Waals surface area (Å²) in [4.78, 5) is 21.3. The fraction of sp³-hybridized carbons (Fsp3) is 0.667. The van der Waals surface area contributed by atoms with E-state index >= 15 is 0 Å². The predicted octanol–water partition coefficient (Wildman–Crippen LogP) is 2.69. The van der Waals surface area contributed by atoms with E-state index in [1.165, 1.54) is 0 Å². The third kappa shape index (κ3) is 9.05. The summed E-state index contributed by atoms with van der Waals surface area (Å²) < 4.78 is 0. The van der Waals surface area contributed by atoms with Crippen LogP contribution in [0.25, 0.3) is 0 Å². The van der Waals surface area contributed by atoms with Gasteiger partial charge in [0.15, 0.2) is 0 Å². The van der Waals surface area contributed by atoms with Crippen LogP contribution in [-0.2, 0) is 29.1 Å². The number of carboxylic acid groups (broad SMARTS) is 2. The Hall–Kier alpha value is -0.697. The van der Waals surface area contributed by atoms with Gasteiger partial charge in [-0.3, -0.25) is 0 Å². The van der Waals surface area contributed by atoms with Gasteiger partial charge in [-0.15, -0.1) is 0 Å². The first-order chi connectivity index (χ1) is 7.51. The van der Waals surface area contributed by atoms with Gasteiger partial charge < -0.3 is 10.2 Å². The van der Waals surface area contributed by atoms with Crippen LogP contribution >= 0.6 is 0 Å². The maximum absolute atomic E-state index is 10.8. The molecule has 1 atom stereocenters. The molecule has 17 heavy (non-hydrogen) atoms. The fourth-order valence-electron chi connectivity index (χ4n) is 1.61. The molecule has 4 nitrogen and oxygen atoms in total. The van der Waals surface area contributed by atoms with Crippen molar-refractivity contribution in [1.82, 2.24) is 0 Å². The molecular weight excluding hydrogens is 274 g/mol. The van der Waals surface area contributed by atoms with Crippen molar-refractivity contribution < 1.29 is 39.3 Å². The van der Waals surface area contributed by atoms with Crippen LogP contribution in [0.15, 0.2) is 11.6 Å². The number of unbranched alkanes of at least 4 members (excludes halogenated alkanes) is 1. The Morgan fingerprint density at radius 2 is 1.82 bits per heavy atom. The third-order valence-corrected chi connectivity index (χ3v) is 2.62. The van der Waals surface area contributed by atoms with Crippen molar-refractivity contribution in [1.29, 1.82) is 0 Å². The summed E-state index contributed by atoms with van der Waals surface area (Å²) in [5.41, 5.74) is -0.00421. The molecule has 0 spiro atoms. The summed E-state index contributed by atoms with van der Waals surface area (Å²) >= 11 is 0. The molecule has 0 rings (SSSR count). The molecular formula is C12H20O4Zn. The van der Waals surface area contributed by atoms with Crippen LogP contribution in [0.3, 0.4) is 0 Å². The zero-order chi connectivity index (χ0) is 12.6. The quantitative estimate of drug-likeness (QED) is 0.533. The van der Waals surface area contributed by atoms with Gasteiger partial charge >= 0.3 is 11.9 Å². The SMILES string of the molecule is CCCCC(CC)C/C(=C/C(=O)O)C(=O)O.[Zn]. The molecule has 0 saturated heterocycles. The Labute approximate surface area is 115 Å². The van der Waals surface area contributed by atoms with Gasteiger partial charge in [-0.1, -0.05) is 39.5 Å². The van der Waals surface area contributed by atoms with Crippen LogP contribution < -0.4 is 0 Å². The molecule has 0 fully saturated rings. The van der Waals surface area contributed by atoms with Gasteiger partial charge in [0.25, 0.3) is 0 Å². The molecule has 0 aromatic rings. The summed E-state index contributed by atoms with van der Waals surface area (Å²) in [5.74, 6) is -2.05. The van der Waals surface area contributed by atoms with Crippen LogP contribution in [0, 0.1) is 5.92 Å². The number of aliphatic carboxylic acids is 2. The summed E-state index contributed by atoms with van der Waals surface area (Å²) in [5, 5.41) is 17.4. The third-order valence-electron chi connectivity index (χ3n) is 2.62. The number of rotatable bonds is 8. The Morgan fingerprint density at radius 3 is 2.18 bits per heavy atom. The number of carbonyl (C=O) groups is 2. The summed E-state index contributed by atoms with van der Waals surface area (Å²) in [7, 11) is 0. The Kier molecular flexibility index (Phi) is 11.5. The molecule has 0 amide bonds. The zero-order valence-electron chi connectivity index (χ0n) is 10.6. The van der Waals surface area contributed by atoms with Gasteiger partial charge in [-0.05, 0) is 12.3 Å². The van der Waals surface area contributed by atoms with Crippen molar-refractivity contribution in [2.45, 2.75) is 46.0 Å². The van der Waals surface area contributed by atoms with Gasteiger partial charge in [-0.2, -0.15) is 0 Å². The van der Waals surface area contributed by atoms with Gasteiger partial charge in [0.2, 0.25) is 0 Å². The van der Waals surface area contributed by atoms with Gasteiger partial charge in [-0.25, -0.2) is 9.59 Å². The van der Waals surface area contributed by atoms with E-state index in [-0.39, 0.29) is 31.0 Å². The van der Waals surface area contributed by atoms with Crippen molar-refractivity contribution in [2.75, 3.05) is 0 Å². The smallest absolute Gasteiger partial charge is 0.331 e. The minimum absolute atomic E-state index is 0. The molecule has 1 unspecified atom stereocenters. The fourth-order valence-corrected chi connectivity index (χ4v) is 1.61. The molecule has 0 heterocycles. The first-order valence-electron chi connectivity index (χ1n) is 5.68. The molecule has 2 N–H and O–H groups in total. The van der Waals surface area contributed by atoms with E-state index in [9.17, 15) is 9.59 Å². The number of carboxylic acids is 2. The average Bonchev–Trinajstić information content (AvgIpc) is 2.21. The second-order valence-electron chi connectivity index (χ2n) is 3.93. The van der Waals surface area contributed by atoms with Crippen molar-refractivity contribution in [3.8, 4) is 0 Å². The van der Waals surface area contributed by atoms with E-state index in [1.54, 1.807) is 0 Å². The first-order valence-corrected chi connectivity index (χ1v) is 5.68. The van der Waals surface area contributed by atoms with Crippen LogP contribution in [0.4, 0.5) is 0 Å². The Bertz CT molecular complexity index is 274. The molecule has 0 radical (unpaired) electrons. The maximum Gasteiger partial charge on any atom is 0.331 e. The van der Waals surface area contributed by atoms with Crippen molar-refractivity contribution >= 4 is 11.9 Å². The van der Waals surface area contributed by atoms with Gasteiger partial charge in [0.1, 0.15) is 0 Å². The van der Waals surface area contributed by atoms with E-state index in [0.717, 1.165) is 31.8 Å². The number of hydrogen-bond acceptors (Lipinski definition) is 2. The minimum Gasteiger partial charge on any atom is -0.478 e. The second-order valence-corrected chi connectivity index (χ2v) is 3.93. The maximum atomic E-state index is 10.8. The Morgan fingerprint density at radius 1 is 1.24 bits per heavy atom. The van der Waals surface area contributed by atoms with E-state index in [0.29, 0.717) is 6.42 Å². The summed E-state index contributed by atoms with van der Waals surface area (Å²) in [6, 6.07) is 0.